The lowest BCUT2D eigenvalue weighted by Gasteiger charge is -2.35. The third-order valence-electron chi connectivity index (χ3n) is 5.35. The Bertz CT molecular complexity index is 1010. The van der Waals surface area contributed by atoms with Gasteiger partial charge in [-0.25, -0.2) is 9.18 Å². The summed E-state index contributed by atoms with van der Waals surface area (Å²) in [5, 5.41) is 4.87. The molecule has 0 radical (unpaired) electrons. The van der Waals surface area contributed by atoms with Gasteiger partial charge in [-0.15, -0.1) is 11.3 Å². The second-order valence-electron chi connectivity index (χ2n) is 7.26. The van der Waals surface area contributed by atoms with Crippen LogP contribution in [0.5, 0.6) is 0 Å². The fraction of sp³-hybridized carbons (Fsp3) is 0.318. The molecule has 0 atom stereocenters. The van der Waals surface area contributed by atoms with E-state index in [4.69, 9.17) is 4.74 Å². The van der Waals surface area contributed by atoms with Crippen molar-refractivity contribution in [3.8, 4) is 0 Å². The third kappa shape index (κ3) is 4.18. The summed E-state index contributed by atoms with van der Waals surface area (Å²) in [6.07, 6.45) is 0.589. The molecule has 1 N–H and O–H groups in total. The zero-order chi connectivity index (χ0) is 22.0. The van der Waals surface area contributed by atoms with Gasteiger partial charge >= 0.3 is 6.09 Å². The van der Waals surface area contributed by atoms with Gasteiger partial charge in [0.1, 0.15) is 11.5 Å². The molecule has 162 valence electrons. The maximum absolute atomic E-state index is 13.3. The van der Waals surface area contributed by atoms with Crippen LogP contribution in [0, 0.1) is 5.82 Å². The van der Waals surface area contributed by atoms with Crippen LogP contribution in [0.3, 0.4) is 0 Å². The molecular formula is C22H22FN3O4S. The average molecular weight is 444 g/mol. The number of benzene rings is 1. The van der Waals surface area contributed by atoms with Gasteiger partial charge in [0.05, 0.1) is 12.2 Å². The molecule has 3 heterocycles. The number of carbonyl (C=O) groups excluding carboxylic acids is 3. The van der Waals surface area contributed by atoms with E-state index in [0.717, 1.165) is 0 Å². The van der Waals surface area contributed by atoms with Crippen LogP contribution in [0.2, 0.25) is 0 Å². The van der Waals surface area contributed by atoms with Gasteiger partial charge in [-0.2, -0.15) is 0 Å². The normalized spacial score (nSPS) is 17.5. The van der Waals surface area contributed by atoms with Crippen LogP contribution in [0.4, 0.5) is 14.9 Å². The summed E-state index contributed by atoms with van der Waals surface area (Å²) in [7, 11) is 0. The minimum atomic E-state index is -0.410. The molecule has 1 saturated heterocycles. The largest absolute Gasteiger partial charge is 0.450 e. The van der Waals surface area contributed by atoms with Crippen LogP contribution >= 0.6 is 11.3 Å². The number of amides is 3. The van der Waals surface area contributed by atoms with E-state index in [2.05, 4.69) is 5.32 Å². The van der Waals surface area contributed by atoms with Gasteiger partial charge in [0, 0.05) is 29.7 Å². The van der Waals surface area contributed by atoms with E-state index in [-0.39, 0.29) is 29.6 Å². The Labute approximate surface area is 183 Å². The molecule has 31 heavy (non-hydrogen) atoms. The van der Waals surface area contributed by atoms with Crippen LogP contribution in [0.1, 0.15) is 24.6 Å². The van der Waals surface area contributed by atoms with E-state index in [1.165, 1.54) is 40.5 Å². The van der Waals surface area contributed by atoms with Crippen molar-refractivity contribution in [2.75, 3.05) is 25.0 Å². The van der Waals surface area contributed by atoms with Gasteiger partial charge in [-0.05, 0) is 55.5 Å². The average Bonchev–Trinajstić information content (AvgIpc) is 3.37. The smallest absolute Gasteiger partial charge is 0.409 e. The maximum atomic E-state index is 13.3. The topological polar surface area (TPSA) is 79.0 Å². The van der Waals surface area contributed by atoms with Crippen molar-refractivity contribution in [2.24, 2.45) is 0 Å². The minimum Gasteiger partial charge on any atom is -0.450 e. The third-order valence-corrected chi connectivity index (χ3v) is 6.24. The van der Waals surface area contributed by atoms with E-state index in [9.17, 15) is 18.8 Å². The number of likely N-dealkylation sites (tertiary alicyclic amines) is 1. The first-order valence-electron chi connectivity index (χ1n) is 10.1. The first-order chi connectivity index (χ1) is 15.0. The number of piperidine rings is 1. The van der Waals surface area contributed by atoms with Crippen molar-refractivity contribution in [1.82, 2.24) is 9.80 Å². The Morgan fingerprint density at radius 1 is 1.16 bits per heavy atom. The molecule has 9 heteroatoms. The van der Waals surface area contributed by atoms with Crippen molar-refractivity contribution in [3.05, 3.63) is 58.2 Å². The molecule has 0 aliphatic carbocycles. The van der Waals surface area contributed by atoms with Gasteiger partial charge in [0.15, 0.2) is 0 Å². The predicted molar refractivity (Wildman–Crippen MR) is 115 cm³/mol. The molecule has 1 aromatic carbocycles. The molecule has 3 amide bonds. The summed E-state index contributed by atoms with van der Waals surface area (Å²) in [6.45, 7) is 2.87. The Balaban J connectivity index is 1.57. The summed E-state index contributed by atoms with van der Waals surface area (Å²) in [5.41, 5.74) is 1.02. The fourth-order valence-corrected chi connectivity index (χ4v) is 4.61. The van der Waals surface area contributed by atoms with Crippen molar-refractivity contribution in [2.45, 2.75) is 25.8 Å². The second-order valence-corrected chi connectivity index (χ2v) is 8.20. The quantitative estimate of drug-likeness (QED) is 0.713. The number of halogens is 1. The van der Waals surface area contributed by atoms with Gasteiger partial charge in [0.2, 0.25) is 0 Å². The first kappa shape index (κ1) is 21.0. The Morgan fingerprint density at radius 2 is 1.87 bits per heavy atom. The molecule has 2 aromatic rings. The van der Waals surface area contributed by atoms with Crippen molar-refractivity contribution >= 4 is 40.5 Å². The lowest BCUT2D eigenvalue weighted by molar-refractivity contribution is -0.140. The van der Waals surface area contributed by atoms with Gasteiger partial charge in [-0.3, -0.25) is 14.5 Å². The molecule has 0 bridgehead atoms. The highest BCUT2D eigenvalue weighted by molar-refractivity contribution is 7.11. The van der Waals surface area contributed by atoms with E-state index >= 15 is 0 Å². The number of carbonyl (C=O) groups is 3. The van der Waals surface area contributed by atoms with Crippen LogP contribution in [-0.4, -0.2) is 53.4 Å². The SMILES string of the molecule is CCOC(=O)N1CCC(N2C(=O)C(Nc3ccc(F)cc3)=C(c3cccs3)C2=O)CC1. The highest BCUT2D eigenvalue weighted by Gasteiger charge is 2.44. The Morgan fingerprint density at radius 3 is 2.48 bits per heavy atom. The summed E-state index contributed by atoms with van der Waals surface area (Å²) < 4.78 is 18.3. The molecule has 2 aliphatic rings. The van der Waals surface area contributed by atoms with Gasteiger partial charge < -0.3 is 15.0 Å². The molecule has 7 nitrogen and oxygen atoms in total. The van der Waals surface area contributed by atoms with Crippen LogP contribution in [0.15, 0.2) is 47.5 Å². The summed E-state index contributed by atoms with van der Waals surface area (Å²) in [4.78, 5) is 42.2. The lowest BCUT2D eigenvalue weighted by Crippen LogP contribution is -2.49. The summed E-state index contributed by atoms with van der Waals surface area (Å²) in [6, 6.07) is 8.92. The highest BCUT2D eigenvalue weighted by atomic mass is 32.1. The number of hydrogen-bond donors (Lipinski definition) is 1. The zero-order valence-electron chi connectivity index (χ0n) is 17.0. The molecule has 0 saturated carbocycles. The number of imide groups is 1. The maximum Gasteiger partial charge on any atom is 0.409 e. The molecule has 4 rings (SSSR count). The number of hydrogen-bond acceptors (Lipinski definition) is 6. The standard InChI is InChI=1S/C22H22FN3O4S/c1-2-30-22(29)25-11-9-16(10-12-25)26-20(27)18(17-4-3-13-31-17)19(21(26)28)24-15-7-5-14(23)6-8-15/h3-8,13,16,24H,2,9-12H2,1H3. The van der Waals surface area contributed by atoms with E-state index in [1.807, 2.05) is 11.4 Å². The Hall–Kier alpha value is -3.20. The molecular weight excluding hydrogens is 421 g/mol. The van der Waals surface area contributed by atoms with Crippen LogP contribution in [-0.2, 0) is 14.3 Å². The van der Waals surface area contributed by atoms with Crippen molar-refractivity contribution in [1.29, 1.82) is 0 Å². The second kappa shape index (κ2) is 8.89. The zero-order valence-corrected chi connectivity index (χ0v) is 17.8. The Kier molecular flexibility index (Phi) is 6.03. The van der Waals surface area contributed by atoms with E-state index in [1.54, 1.807) is 17.9 Å². The van der Waals surface area contributed by atoms with Gasteiger partial charge in [0.25, 0.3) is 11.8 Å². The molecule has 2 aliphatic heterocycles. The molecule has 0 unspecified atom stereocenters. The monoisotopic (exact) mass is 443 g/mol. The molecule has 0 spiro atoms. The lowest BCUT2D eigenvalue weighted by atomic mass is 10.0. The molecule has 1 fully saturated rings. The summed E-state index contributed by atoms with van der Waals surface area (Å²) in [5.74, 6) is -1.15. The number of ether oxygens (including phenoxy) is 1. The van der Waals surface area contributed by atoms with Crippen molar-refractivity contribution < 1.29 is 23.5 Å². The first-order valence-corrected chi connectivity index (χ1v) is 11.0. The number of nitrogens with one attached hydrogen (secondary N) is 1. The molecule has 1 aromatic heterocycles. The van der Waals surface area contributed by atoms with E-state index < -0.39 is 5.91 Å². The number of nitrogens with zero attached hydrogens (tertiary/aromatic N) is 2. The van der Waals surface area contributed by atoms with Crippen molar-refractivity contribution in [3.63, 3.8) is 0 Å². The fourth-order valence-electron chi connectivity index (χ4n) is 3.84. The van der Waals surface area contributed by atoms with Gasteiger partial charge in [-0.1, -0.05) is 6.07 Å². The highest BCUT2D eigenvalue weighted by Crippen LogP contribution is 2.35. The van der Waals surface area contributed by atoms with Crippen LogP contribution in [0.25, 0.3) is 5.57 Å². The summed E-state index contributed by atoms with van der Waals surface area (Å²) >= 11 is 1.37. The number of rotatable bonds is 5. The number of anilines is 1. The van der Waals surface area contributed by atoms with Crippen LogP contribution < -0.4 is 5.32 Å². The van der Waals surface area contributed by atoms with E-state index in [0.29, 0.717) is 48.7 Å². The number of thiophene rings is 1. The predicted octanol–water partition coefficient (Wildman–Crippen LogP) is 3.70. The minimum absolute atomic E-state index is 0.187.